The van der Waals surface area contributed by atoms with Crippen molar-refractivity contribution in [3.63, 3.8) is 0 Å². The van der Waals surface area contributed by atoms with Crippen LogP contribution in [-0.2, 0) is 18.8 Å². The maximum absolute atomic E-state index is 14.0. The molecule has 2 aromatic carbocycles. The van der Waals surface area contributed by atoms with Crippen molar-refractivity contribution < 1.29 is 33.0 Å². The fraction of sp³-hybridized carbons (Fsp3) is 0.600. The largest absolute Gasteiger partial charge is 0.542 e. The number of rotatable bonds is 15. The van der Waals surface area contributed by atoms with Crippen molar-refractivity contribution in [2.45, 2.75) is 122 Å². The number of benzene rings is 2. The molecule has 0 bridgehead atoms. The molecule has 264 valence electrons. The summed E-state index contributed by atoms with van der Waals surface area (Å²) in [6, 6.07) is 7.54. The zero-order valence-electron chi connectivity index (χ0n) is 30.5. The van der Waals surface area contributed by atoms with E-state index in [4.69, 9.17) is 35.7 Å². The van der Waals surface area contributed by atoms with Crippen LogP contribution in [0.2, 0.25) is 39.8 Å². The summed E-state index contributed by atoms with van der Waals surface area (Å²) in [7, 11) is -3.76. The second-order valence-electron chi connectivity index (χ2n) is 14.5. The van der Waals surface area contributed by atoms with Gasteiger partial charge in [0.15, 0.2) is 6.04 Å². The molecule has 0 aliphatic rings. The van der Waals surface area contributed by atoms with Crippen molar-refractivity contribution in [1.82, 2.24) is 5.32 Å². The molecule has 2 aromatic rings. The van der Waals surface area contributed by atoms with E-state index < -0.39 is 46.7 Å². The molecule has 0 heterocycles. The fourth-order valence-electron chi connectivity index (χ4n) is 5.93. The summed E-state index contributed by atoms with van der Waals surface area (Å²) in [5.74, 6) is -0.597. The van der Waals surface area contributed by atoms with Crippen LogP contribution >= 0.6 is 11.6 Å². The second kappa shape index (κ2) is 16.2. The molecular formula is C35H57ClN2O7Si2. The van der Waals surface area contributed by atoms with Crippen molar-refractivity contribution >= 4 is 40.1 Å². The lowest BCUT2D eigenvalue weighted by molar-refractivity contribution is -0.150. The van der Waals surface area contributed by atoms with Crippen LogP contribution < -0.4 is 20.2 Å². The summed E-state index contributed by atoms with van der Waals surface area (Å²) in [5, 5.41) is 13.5. The average molecular weight is 709 g/mol. The highest BCUT2D eigenvalue weighted by molar-refractivity contribution is 6.77. The van der Waals surface area contributed by atoms with Crippen molar-refractivity contribution in [2.24, 2.45) is 5.73 Å². The molecule has 0 radical (unpaired) electrons. The Morgan fingerprint density at radius 2 is 1.49 bits per heavy atom. The van der Waals surface area contributed by atoms with Gasteiger partial charge in [0.25, 0.3) is 8.32 Å². The normalized spacial score (nSPS) is 14.6. The van der Waals surface area contributed by atoms with E-state index in [0.29, 0.717) is 16.9 Å². The number of methoxy groups -OCH3 is 1. The Kier molecular flexibility index (Phi) is 14.0. The van der Waals surface area contributed by atoms with E-state index in [1.807, 2.05) is 0 Å². The van der Waals surface area contributed by atoms with E-state index in [1.54, 1.807) is 44.4 Å². The van der Waals surface area contributed by atoms with Crippen LogP contribution in [0.1, 0.15) is 92.5 Å². The number of halogens is 1. The molecule has 0 saturated carbocycles. The summed E-state index contributed by atoms with van der Waals surface area (Å²) >= 11 is 6.83. The number of phenols is 1. The van der Waals surface area contributed by atoms with Gasteiger partial charge >= 0.3 is 5.97 Å². The number of carbonyl (C=O) groups excluding carboxylic acids is 2. The predicted molar refractivity (Wildman–Crippen MR) is 194 cm³/mol. The maximum atomic E-state index is 14.0. The first-order valence-electron chi connectivity index (χ1n) is 16.4. The van der Waals surface area contributed by atoms with Gasteiger partial charge in [-0.15, -0.1) is 0 Å². The Morgan fingerprint density at radius 1 is 0.957 bits per heavy atom. The van der Waals surface area contributed by atoms with Crippen molar-refractivity contribution in [2.75, 3.05) is 13.7 Å². The zero-order chi connectivity index (χ0) is 36.1. The number of hydrogen-bond donors (Lipinski definition) is 3. The lowest BCUT2D eigenvalue weighted by Gasteiger charge is -2.46. The second-order valence-corrected chi connectivity index (χ2v) is 25.0. The molecule has 0 aliphatic carbocycles. The quantitative estimate of drug-likeness (QED) is 0.124. The molecular weight excluding hydrogens is 652 g/mol. The van der Waals surface area contributed by atoms with Gasteiger partial charge in [-0.1, -0.05) is 86.0 Å². The van der Waals surface area contributed by atoms with E-state index in [1.165, 1.54) is 6.07 Å². The van der Waals surface area contributed by atoms with Crippen molar-refractivity contribution in [3.05, 3.63) is 52.5 Å². The summed E-state index contributed by atoms with van der Waals surface area (Å²) in [6.07, 6.45) is -1.09. The van der Waals surface area contributed by atoms with Crippen LogP contribution in [0.5, 0.6) is 17.2 Å². The Bertz CT molecular complexity index is 1340. The summed E-state index contributed by atoms with van der Waals surface area (Å²) in [4.78, 5) is 27.8. The van der Waals surface area contributed by atoms with Crippen molar-refractivity contribution in [1.29, 1.82) is 0 Å². The van der Waals surface area contributed by atoms with Gasteiger partial charge in [-0.2, -0.15) is 0 Å². The molecule has 4 N–H and O–H groups in total. The first-order valence-corrected chi connectivity index (χ1v) is 21.8. The van der Waals surface area contributed by atoms with E-state index in [0.717, 1.165) is 0 Å². The topological polar surface area (TPSA) is 129 Å². The molecule has 47 heavy (non-hydrogen) atoms. The van der Waals surface area contributed by atoms with Gasteiger partial charge in [-0.05, 0) is 71.5 Å². The lowest BCUT2D eigenvalue weighted by atomic mass is 9.99. The molecule has 12 heteroatoms. The Balaban J connectivity index is 2.91. The highest BCUT2D eigenvalue weighted by Crippen LogP contribution is 2.50. The molecule has 0 fully saturated rings. The highest BCUT2D eigenvalue weighted by Gasteiger charge is 2.51. The van der Waals surface area contributed by atoms with Crippen LogP contribution in [0.15, 0.2) is 36.4 Å². The average Bonchev–Trinajstić information content (AvgIpc) is 2.98. The Morgan fingerprint density at radius 3 is 1.94 bits per heavy atom. The molecule has 0 spiro atoms. The van der Waals surface area contributed by atoms with Gasteiger partial charge in [-0.25, -0.2) is 4.79 Å². The van der Waals surface area contributed by atoms with Crippen LogP contribution in [0.25, 0.3) is 0 Å². The monoisotopic (exact) mass is 708 g/mol. The first kappa shape index (κ1) is 40.6. The molecule has 0 saturated heterocycles. The Labute approximate surface area is 289 Å². The standard InChI is InChI=1S/C35H57ClN2O7Si2/c1-14-43-34(41)30(38-33(40)29(37)24-15-17-25(42-11)18-16-24)32(45-47(21(2)3,22(4)5)23(6)7)26-19-20-27(39)28(36)31(26)44-46(12,13)35(8,9)10/h15-23,29-30,32,39H,14,37H2,1-13H3,(H,38,40)/t29-,30+,32-/m1/s1. The summed E-state index contributed by atoms with van der Waals surface area (Å²) in [5.41, 5.74) is 7.81. The zero-order valence-corrected chi connectivity index (χ0v) is 33.2. The number of esters is 1. The molecule has 2 rings (SSSR count). The van der Waals surface area contributed by atoms with Crippen LogP contribution in [0, 0.1) is 0 Å². The number of ether oxygens (including phenoxy) is 2. The third kappa shape index (κ3) is 9.11. The van der Waals surface area contributed by atoms with Gasteiger partial charge in [0.05, 0.1) is 13.7 Å². The molecule has 1 amide bonds. The molecule has 0 aliphatic heterocycles. The SMILES string of the molecule is CCOC(=O)[C@@H](NC(=O)[C@H](N)c1ccc(OC)cc1)[C@H](O[Si](C(C)C)(C(C)C)C(C)C)c1ccc(O)c(Cl)c1O[Si](C)(C)C(C)(C)C. The van der Waals surface area contributed by atoms with Crippen LogP contribution in [0.4, 0.5) is 0 Å². The Hall–Kier alpha value is -2.58. The highest BCUT2D eigenvalue weighted by atomic mass is 35.5. The van der Waals surface area contributed by atoms with Gasteiger partial charge in [0, 0.05) is 5.56 Å². The van der Waals surface area contributed by atoms with Crippen LogP contribution in [-0.4, -0.2) is 53.4 Å². The third-order valence-electron chi connectivity index (χ3n) is 9.51. The van der Waals surface area contributed by atoms with E-state index >= 15 is 0 Å². The third-order valence-corrected chi connectivity index (χ3v) is 20.3. The number of aromatic hydroxyl groups is 1. The predicted octanol–water partition coefficient (Wildman–Crippen LogP) is 8.42. The van der Waals surface area contributed by atoms with E-state index in [2.05, 4.69) is 80.7 Å². The molecule has 3 atom stereocenters. The van der Waals surface area contributed by atoms with Gasteiger partial charge < -0.3 is 34.5 Å². The smallest absolute Gasteiger partial charge is 0.331 e. The number of hydrogen-bond acceptors (Lipinski definition) is 8. The number of amides is 1. The van der Waals surface area contributed by atoms with Crippen molar-refractivity contribution in [3.8, 4) is 17.2 Å². The minimum Gasteiger partial charge on any atom is -0.542 e. The number of carbonyl (C=O) groups is 2. The summed E-state index contributed by atoms with van der Waals surface area (Å²) in [6.45, 7) is 25.0. The maximum Gasteiger partial charge on any atom is 0.331 e. The van der Waals surface area contributed by atoms with Crippen LogP contribution in [0.3, 0.4) is 0 Å². The fourth-order valence-corrected chi connectivity index (χ4v) is 12.8. The minimum absolute atomic E-state index is 0.00991. The van der Waals surface area contributed by atoms with E-state index in [-0.39, 0.29) is 44.8 Å². The number of nitrogens with one attached hydrogen (secondary N) is 1. The van der Waals surface area contributed by atoms with Gasteiger partial charge in [-0.3, -0.25) is 4.79 Å². The molecule has 0 unspecified atom stereocenters. The molecule has 0 aromatic heterocycles. The number of nitrogens with two attached hydrogens (primary N) is 1. The number of phenolic OH excluding ortho intramolecular Hbond substituents is 1. The van der Waals surface area contributed by atoms with Gasteiger partial charge in [0.2, 0.25) is 14.2 Å². The first-order chi connectivity index (χ1) is 21.7. The minimum atomic E-state index is -2.76. The lowest BCUT2D eigenvalue weighted by Crippen LogP contribution is -2.55. The van der Waals surface area contributed by atoms with Gasteiger partial charge in [0.1, 0.15) is 34.4 Å². The molecule has 9 nitrogen and oxygen atoms in total. The van der Waals surface area contributed by atoms with E-state index in [9.17, 15) is 14.7 Å². The summed E-state index contributed by atoms with van der Waals surface area (Å²) < 4.78 is 25.0.